The van der Waals surface area contributed by atoms with E-state index in [1.807, 2.05) is 0 Å². The summed E-state index contributed by atoms with van der Waals surface area (Å²) in [5, 5.41) is 9.65. The highest BCUT2D eigenvalue weighted by molar-refractivity contribution is 5.71. The lowest BCUT2D eigenvalue weighted by Crippen LogP contribution is -2.34. The van der Waals surface area contributed by atoms with E-state index in [1.165, 1.54) is 15.2 Å². The normalized spacial score (nSPS) is 29.3. The molecule has 27 heavy (non-hydrogen) atoms. The monoisotopic (exact) mass is 379 g/mol. The molecule has 146 valence electrons. The van der Waals surface area contributed by atoms with E-state index in [4.69, 9.17) is 19.9 Å². The van der Waals surface area contributed by atoms with Gasteiger partial charge in [-0.15, -0.1) is 6.58 Å². The number of fused-ring (bicyclic) bond motifs is 2. The fraction of sp³-hybridized carbons (Fsp3) is 0.562. The van der Waals surface area contributed by atoms with Crippen LogP contribution in [0, 0.1) is 0 Å². The van der Waals surface area contributed by atoms with Crippen LogP contribution in [-0.4, -0.2) is 54.9 Å². The molecule has 4 rings (SSSR count). The molecule has 0 aliphatic carbocycles. The van der Waals surface area contributed by atoms with Crippen LogP contribution in [0.25, 0.3) is 11.2 Å². The Morgan fingerprint density at radius 1 is 1.37 bits per heavy atom. The third kappa shape index (κ3) is 2.62. The highest BCUT2D eigenvalue weighted by Crippen LogP contribution is 2.43. The van der Waals surface area contributed by atoms with Crippen LogP contribution in [0.4, 0.5) is 5.95 Å². The minimum Gasteiger partial charge on any atom is -0.394 e. The summed E-state index contributed by atoms with van der Waals surface area (Å²) in [4.78, 5) is 32.0. The van der Waals surface area contributed by atoms with Crippen molar-refractivity contribution in [3.8, 4) is 0 Å². The van der Waals surface area contributed by atoms with E-state index in [2.05, 4.69) is 16.5 Å². The maximum atomic E-state index is 13.1. The predicted molar refractivity (Wildman–Crippen MR) is 94.0 cm³/mol. The van der Waals surface area contributed by atoms with Crippen molar-refractivity contribution in [2.45, 2.75) is 50.7 Å². The third-order valence-corrected chi connectivity index (χ3v) is 4.70. The van der Waals surface area contributed by atoms with E-state index in [-0.39, 0.29) is 30.3 Å². The number of aliphatic hydroxyl groups is 1. The molecule has 0 spiro atoms. The summed E-state index contributed by atoms with van der Waals surface area (Å²) in [6.45, 7) is 6.88. The molecule has 2 aromatic heterocycles. The number of nitrogens with one attached hydrogen (secondary N) is 1. The molecule has 1 unspecified atom stereocenters. The fourth-order valence-electron chi connectivity index (χ4n) is 3.74. The number of aromatic nitrogens is 4. The van der Waals surface area contributed by atoms with Gasteiger partial charge in [-0.2, -0.15) is 4.98 Å². The molecule has 0 radical (unpaired) electrons. The highest BCUT2D eigenvalue weighted by atomic mass is 16.8. The third-order valence-electron chi connectivity index (χ3n) is 4.70. The first-order valence-corrected chi connectivity index (χ1v) is 8.51. The maximum absolute atomic E-state index is 13.1. The number of aromatic amines is 1. The number of allylic oxidation sites excluding steroid dienone is 1. The van der Waals surface area contributed by atoms with E-state index < -0.39 is 41.6 Å². The van der Waals surface area contributed by atoms with Crippen LogP contribution in [0.5, 0.6) is 0 Å². The maximum Gasteiger partial charge on any atom is 0.333 e. The number of nitrogen functional groups attached to an aromatic ring is 1. The molecule has 2 aliphatic rings. The van der Waals surface area contributed by atoms with Gasteiger partial charge < -0.3 is 25.1 Å². The average Bonchev–Trinajstić information content (AvgIpc) is 3.15. The van der Waals surface area contributed by atoms with Crippen molar-refractivity contribution in [1.29, 1.82) is 0 Å². The summed E-state index contributed by atoms with van der Waals surface area (Å²) in [5.74, 6) is -1.04. The summed E-state index contributed by atoms with van der Waals surface area (Å²) in [6.07, 6.45) is -1.37. The fourth-order valence-corrected chi connectivity index (χ4v) is 3.74. The second-order valence-corrected chi connectivity index (χ2v) is 6.99. The van der Waals surface area contributed by atoms with Crippen molar-refractivity contribution in [1.82, 2.24) is 19.1 Å². The van der Waals surface area contributed by atoms with Gasteiger partial charge in [-0.05, 0) is 13.8 Å². The van der Waals surface area contributed by atoms with Gasteiger partial charge in [0.15, 0.2) is 23.2 Å². The Bertz CT molecular complexity index is 1020. The van der Waals surface area contributed by atoms with E-state index in [0.717, 1.165) is 0 Å². The van der Waals surface area contributed by atoms with Gasteiger partial charge in [-0.25, -0.2) is 9.36 Å². The Morgan fingerprint density at radius 2 is 2.07 bits per heavy atom. The van der Waals surface area contributed by atoms with Crippen LogP contribution < -0.4 is 17.0 Å². The topological polar surface area (TPSA) is 147 Å². The van der Waals surface area contributed by atoms with Crippen LogP contribution in [0.1, 0.15) is 20.1 Å². The second kappa shape index (κ2) is 6.02. The first-order chi connectivity index (χ1) is 12.8. The minimum atomic E-state index is -0.941. The quantitative estimate of drug-likeness (QED) is 0.577. The molecule has 0 bridgehead atoms. The molecule has 2 fully saturated rings. The Morgan fingerprint density at radius 3 is 2.74 bits per heavy atom. The molecular formula is C16H21N5O6. The molecular weight excluding hydrogens is 358 g/mol. The zero-order chi connectivity index (χ0) is 19.5. The lowest BCUT2D eigenvalue weighted by atomic mass is 10.1. The largest absolute Gasteiger partial charge is 0.394 e. The van der Waals surface area contributed by atoms with Crippen LogP contribution in [0.2, 0.25) is 0 Å². The lowest BCUT2D eigenvalue weighted by Gasteiger charge is -2.23. The smallest absolute Gasteiger partial charge is 0.333 e. The van der Waals surface area contributed by atoms with Gasteiger partial charge in [-0.3, -0.25) is 14.3 Å². The number of nitrogens with two attached hydrogens (primary N) is 1. The van der Waals surface area contributed by atoms with Crippen molar-refractivity contribution in [2.24, 2.45) is 0 Å². The van der Waals surface area contributed by atoms with Crippen LogP contribution in [0.3, 0.4) is 0 Å². The van der Waals surface area contributed by atoms with Crippen molar-refractivity contribution >= 4 is 17.1 Å². The summed E-state index contributed by atoms with van der Waals surface area (Å²) < 4.78 is 20.0. The van der Waals surface area contributed by atoms with Gasteiger partial charge in [-0.1, -0.05) is 6.08 Å². The Balaban J connectivity index is 1.94. The average molecular weight is 379 g/mol. The molecule has 4 atom stereocenters. The SMILES string of the molecule is C=CCn1c(=O)n([C@H]2OC(CO)[C@@H]3OC(C)(C)O[C@@H]32)c2nc(N)[nH]c(=O)c21. The van der Waals surface area contributed by atoms with Crippen molar-refractivity contribution in [2.75, 3.05) is 12.3 Å². The first kappa shape index (κ1) is 17.9. The van der Waals surface area contributed by atoms with Gasteiger partial charge in [0.2, 0.25) is 5.95 Å². The number of imidazole rings is 1. The molecule has 0 amide bonds. The molecule has 4 N–H and O–H groups in total. The molecule has 11 nitrogen and oxygen atoms in total. The number of ether oxygens (including phenoxy) is 3. The van der Waals surface area contributed by atoms with E-state index in [1.54, 1.807) is 13.8 Å². The minimum absolute atomic E-state index is 0.0554. The highest BCUT2D eigenvalue weighted by Gasteiger charge is 2.56. The zero-order valence-electron chi connectivity index (χ0n) is 14.9. The van der Waals surface area contributed by atoms with Gasteiger partial charge in [0.05, 0.1) is 6.61 Å². The molecule has 2 aliphatic heterocycles. The molecule has 11 heteroatoms. The van der Waals surface area contributed by atoms with E-state index in [0.29, 0.717) is 0 Å². The van der Waals surface area contributed by atoms with Gasteiger partial charge in [0.25, 0.3) is 5.56 Å². The Labute approximate surface area is 153 Å². The number of nitrogens with zero attached hydrogens (tertiary/aromatic N) is 3. The predicted octanol–water partition coefficient (Wildman–Crippen LogP) is -0.936. The Hall–Kier alpha value is -2.47. The van der Waals surface area contributed by atoms with Crippen LogP contribution >= 0.6 is 0 Å². The van der Waals surface area contributed by atoms with E-state index >= 15 is 0 Å². The molecule has 2 saturated heterocycles. The molecule has 0 aromatic carbocycles. The summed E-state index contributed by atoms with van der Waals surface area (Å²) in [7, 11) is 0. The lowest BCUT2D eigenvalue weighted by molar-refractivity contribution is -0.200. The van der Waals surface area contributed by atoms with Crippen molar-refractivity contribution < 1.29 is 19.3 Å². The second-order valence-electron chi connectivity index (χ2n) is 6.99. The van der Waals surface area contributed by atoms with Gasteiger partial charge in [0, 0.05) is 6.54 Å². The summed E-state index contributed by atoms with van der Waals surface area (Å²) in [5.41, 5.74) is 4.73. The summed E-state index contributed by atoms with van der Waals surface area (Å²) in [6, 6.07) is 0. The number of anilines is 1. The number of aliphatic hydroxyl groups excluding tert-OH is 1. The van der Waals surface area contributed by atoms with E-state index in [9.17, 15) is 14.7 Å². The molecule has 2 aromatic rings. The molecule has 4 heterocycles. The zero-order valence-corrected chi connectivity index (χ0v) is 14.9. The number of H-pyrrole nitrogens is 1. The Kier molecular flexibility index (Phi) is 4.00. The standard InChI is InChI=1S/C16H21N5O6/c1-4-5-20-8-11(18-14(17)19-12(8)23)21(15(20)24)13-10-9(7(6-22)25-13)26-16(2,3)27-10/h4,7,9-10,13,22H,1,5-6H2,2-3H3,(H3,17,18,19,23)/t7?,9-,10-,13-/m0/s1. The number of hydrogen-bond acceptors (Lipinski definition) is 8. The molecule has 0 saturated carbocycles. The van der Waals surface area contributed by atoms with Gasteiger partial charge >= 0.3 is 5.69 Å². The number of hydrogen-bond donors (Lipinski definition) is 3. The number of rotatable bonds is 4. The van der Waals surface area contributed by atoms with Crippen molar-refractivity contribution in [3.63, 3.8) is 0 Å². The summed E-state index contributed by atoms with van der Waals surface area (Å²) >= 11 is 0. The van der Waals surface area contributed by atoms with Crippen molar-refractivity contribution in [3.05, 3.63) is 33.5 Å². The van der Waals surface area contributed by atoms with Crippen LogP contribution in [0.15, 0.2) is 22.2 Å². The van der Waals surface area contributed by atoms with Gasteiger partial charge in [0.1, 0.15) is 18.3 Å². The van der Waals surface area contributed by atoms with Crippen LogP contribution in [-0.2, 0) is 20.8 Å². The first-order valence-electron chi connectivity index (χ1n) is 8.51.